The quantitative estimate of drug-likeness (QED) is 0.649. The number of nitrogens with zero attached hydrogens (tertiary/aromatic N) is 8. The number of aromatic nitrogens is 6. The molecule has 0 atom stereocenters. The minimum atomic E-state index is -0.207. The molecule has 4 heterocycles. The van der Waals surface area contributed by atoms with Gasteiger partial charge in [-0.1, -0.05) is 0 Å². The van der Waals surface area contributed by atoms with Crippen LogP contribution in [0.2, 0.25) is 0 Å². The van der Waals surface area contributed by atoms with E-state index in [-0.39, 0.29) is 5.56 Å². The smallest absolute Gasteiger partial charge is 0.296 e. The maximum Gasteiger partial charge on any atom is 0.296 e. The molecule has 0 spiro atoms. The Labute approximate surface area is 155 Å². The molecule has 0 aromatic carbocycles. The number of rotatable bonds is 5. The minimum Gasteiger partial charge on any atom is -0.354 e. The first kappa shape index (κ1) is 17.0. The van der Waals surface area contributed by atoms with E-state index in [1.54, 1.807) is 29.5 Å². The molecule has 4 rings (SSSR count). The van der Waals surface area contributed by atoms with Crippen molar-refractivity contribution in [3.8, 4) is 11.5 Å². The fraction of sp³-hybridized carbons (Fsp3) is 0.353. The van der Waals surface area contributed by atoms with Gasteiger partial charge in [-0.15, -0.1) is 0 Å². The molecular weight excluding hydrogens is 346 g/mol. The second-order valence-electron chi connectivity index (χ2n) is 6.21. The highest BCUT2D eigenvalue weighted by molar-refractivity contribution is 5.44. The number of imidazole rings is 1. The first-order chi connectivity index (χ1) is 13.3. The highest BCUT2D eigenvalue weighted by Gasteiger charge is 2.19. The molecule has 10 heteroatoms. The van der Waals surface area contributed by atoms with E-state index in [0.717, 1.165) is 38.5 Å². The maximum atomic E-state index is 12.7. The molecule has 0 bridgehead atoms. The molecule has 27 heavy (non-hydrogen) atoms. The van der Waals surface area contributed by atoms with Crippen LogP contribution in [0.5, 0.6) is 0 Å². The zero-order chi connectivity index (χ0) is 18.6. The third-order valence-electron chi connectivity index (χ3n) is 4.63. The van der Waals surface area contributed by atoms with Crippen molar-refractivity contribution < 1.29 is 0 Å². The Morgan fingerprint density at radius 1 is 1.19 bits per heavy atom. The van der Waals surface area contributed by atoms with Crippen LogP contribution in [0.1, 0.15) is 0 Å². The number of aromatic amines is 1. The summed E-state index contributed by atoms with van der Waals surface area (Å²) in [6, 6.07) is 1.81. The largest absolute Gasteiger partial charge is 0.354 e. The molecule has 1 aliphatic heterocycles. The fourth-order valence-corrected chi connectivity index (χ4v) is 3.14. The van der Waals surface area contributed by atoms with Gasteiger partial charge in [0, 0.05) is 50.8 Å². The van der Waals surface area contributed by atoms with E-state index in [4.69, 9.17) is 6.57 Å². The first-order valence-electron chi connectivity index (χ1n) is 8.68. The van der Waals surface area contributed by atoms with Crippen LogP contribution in [0.15, 0.2) is 42.1 Å². The van der Waals surface area contributed by atoms with Crippen LogP contribution in [-0.2, 0) is 0 Å². The summed E-state index contributed by atoms with van der Waals surface area (Å²) in [5.41, 5.74) is 0.266. The summed E-state index contributed by atoms with van der Waals surface area (Å²) >= 11 is 0. The molecular formula is C17H19N9O. The van der Waals surface area contributed by atoms with Gasteiger partial charge in [0.05, 0.1) is 12.9 Å². The molecule has 10 nitrogen and oxygen atoms in total. The predicted octanol–water partition coefficient (Wildman–Crippen LogP) is 0.183. The van der Waals surface area contributed by atoms with Gasteiger partial charge in [0.1, 0.15) is 17.8 Å². The zero-order valence-corrected chi connectivity index (χ0v) is 14.7. The minimum absolute atomic E-state index is 0.207. The Morgan fingerprint density at radius 3 is 2.74 bits per heavy atom. The first-order valence-corrected chi connectivity index (χ1v) is 8.68. The van der Waals surface area contributed by atoms with Gasteiger partial charge in [0.25, 0.3) is 5.56 Å². The van der Waals surface area contributed by atoms with Crippen molar-refractivity contribution in [1.29, 1.82) is 0 Å². The van der Waals surface area contributed by atoms with Gasteiger partial charge in [0.2, 0.25) is 6.54 Å². The van der Waals surface area contributed by atoms with Crippen molar-refractivity contribution in [2.45, 2.75) is 0 Å². The van der Waals surface area contributed by atoms with Crippen molar-refractivity contribution in [3.05, 3.63) is 59.1 Å². The van der Waals surface area contributed by atoms with Crippen LogP contribution in [0.3, 0.4) is 0 Å². The molecule has 0 amide bonds. The average molecular weight is 365 g/mol. The summed E-state index contributed by atoms with van der Waals surface area (Å²) in [5, 5.41) is 2.95. The highest BCUT2D eigenvalue weighted by atomic mass is 16.1. The zero-order valence-electron chi connectivity index (χ0n) is 14.7. The summed E-state index contributed by atoms with van der Waals surface area (Å²) in [6.07, 6.45) is 8.01. The lowest BCUT2D eigenvalue weighted by Crippen LogP contribution is -2.47. The molecule has 138 valence electrons. The Hall–Kier alpha value is -3.45. The van der Waals surface area contributed by atoms with Crippen molar-refractivity contribution in [2.75, 3.05) is 44.2 Å². The van der Waals surface area contributed by atoms with Gasteiger partial charge in [-0.05, 0) is 0 Å². The van der Waals surface area contributed by atoms with Crippen LogP contribution < -0.4 is 10.5 Å². The van der Waals surface area contributed by atoms with Crippen LogP contribution in [0, 0.1) is 6.57 Å². The van der Waals surface area contributed by atoms with E-state index in [1.807, 2.05) is 6.07 Å². The standard InChI is InChI=1S/C17H19N9O/c1-18-2-4-23-6-8-24(9-7-23)15-10-16(21-12-20-15)26-17(27)14(11-22-26)25-5-3-19-13-25/h3,5,10-13,22H,2,4,6-9H2. The summed E-state index contributed by atoms with van der Waals surface area (Å²) in [6.45, 7) is 11.7. The molecule has 3 aromatic heterocycles. The van der Waals surface area contributed by atoms with E-state index < -0.39 is 0 Å². The maximum absolute atomic E-state index is 12.7. The number of piperazine rings is 1. The van der Waals surface area contributed by atoms with Gasteiger partial charge >= 0.3 is 0 Å². The summed E-state index contributed by atoms with van der Waals surface area (Å²) in [4.78, 5) is 33.1. The van der Waals surface area contributed by atoms with E-state index in [0.29, 0.717) is 18.1 Å². The number of anilines is 1. The van der Waals surface area contributed by atoms with Gasteiger partial charge in [-0.3, -0.25) is 19.4 Å². The van der Waals surface area contributed by atoms with Gasteiger partial charge in [0.15, 0.2) is 5.82 Å². The lowest BCUT2D eigenvalue weighted by molar-refractivity contribution is 0.268. The molecule has 0 saturated carbocycles. The lowest BCUT2D eigenvalue weighted by atomic mass is 10.3. The Bertz CT molecular complexity index is 990. The second kappa shape index (κ2) is 7.43. The number of hydrogen-bond acceptors (Lipinski definition) is 6. The molecule has 1 N–H and O–H groups in total. The normalized spacial score (nSPS) is 15.0. The van der Waals surface area contributed by atoms with Crippen molar-refractivity contribution in [3.63, 3.8) is 0 Å². The molecule has 1 fully saturated rings. The van der Waals surface area contributed by atoms with Gasteiger partial charge in [-0.25, -0.2) is 21.5 Å². The van der Waals surface area contributed by atoms with Crippen LogP contribution in [0.4, 0.5) is 5.82 Å². The summed E-state index contributed by atoms with van der Waals surface area (Å²) < 4.78 is 3.05. The van der Waals surface area contributed by atoms with Crippen molar-refractivity contribution in [1.82, 2.24) is 34.2 Å². The third kappa shape index (κ3) is 3.45. The fourth-order valence-electron chi connectivity index (χ4n) is 3.14. The lowest BCUT2D eigenvalue weighted by Gasteiger charge is -2.34. The van der Waals surface area contributed by atoms with Crippen molar-refractivity contribution in [2.24, 2.45) is 0 Å². The average Bonchev–Trinajstić information content (AvgIpc) is 3.36. The SMILES string of the molecule is [C-]#[N+]CCN1CCN(c2cc(-n3[nH]cc(-n4ccnc4)c3=O)ncn2)CC1. The van der Waals surface area contributed by atoms with E-state index in [1.165, 1.54) is 11.0 Å². The van der Waals surface area contributed by atoms with Crippen molar-refractivity contribution >= 4 is 5.82 Å². The topological polar surface area (TPSA) is 92.2 Å². The monoisotopic (exact) mass is 365 g/mol. The van der Waals surface area contributed by atoms with E-state index >= 15 is 0 Å². The molecule has 1 aliphatic rings. The Balaban J connectivity index is 1.53. The van der Waals surface area contributed by atoms with E-state index in [9.17, 15) is 4.79 Å². The highest BCUT2D eigenvalue weighted by Crippen LogP contribution is 2.15. The molecule has 0 unspecified atom stereocenters. The number of hydrogen-bond donors (Lipinski definition) is 1. The van der Waals surface area contributed by atoms with Crippen LogP contribution in [-0.4, -0.2) is 73.5 Å². The summed E-state index contributed by atoms with van der Waals surface area (Å²) in [7, 11) is 0. The third-order valence-corrected chi connectivity index (χ3v) is 4.63. The van der Waals surface area contributed by atoms with Gasteiger partial charge in [-0.2, -0.15) is 4.68 Å². The molecule has 0 radical (unpaired) electrons. The second-order valence-corrected chi connectivity index (χ2v) is 6.21. The van der Waals surface area contributed by atoms with Crippen LogP contribution in [0.25, 0.3) is 16.4 Å². The van der Waals surface area contributed by atoms with Crippen LogP contribution >= 0.6 is 0 Å². The molecule has 1 saturated heterocycles. The van der Waals surface area contributed by atoms with E-state index in [2.05, 4.69) is 34.7 Å². The Morgan fingerprint density at radius 2 is 2.00 bits per heavy atom. The number of nitrogens with one attached hydrogen (secondary N) is 1. The predicted molar refractivity (Wildman–Crippen MR) is 99.2 cm³/mol. The van der Waals surface area contributed by atoms with Gasteiger partial charge < -0.3 is 9.74 Å². The molecule has 0 aliphatic carbocycles. The number of H-pyrrole nitrogens is 1. The summed E-state index contributed by atoms with van der Waals surface area (Å²) in [5.74, 6) is 1.28. The Kier molecular flexibility index (Phi) is 4.67. The molecule has 3 aromatic rings.